The molecule has 1 rings (SSSR count). The second kappa shape index (κ2) is 8.51. The lowest BCUT2D eigenvalue weighted by Crippen LogP contribution is -2.32. The van der Waals surface area contributed by atoms with Crippen LogP contribution in [0.15, 0.2) is 27.9 Å². The lowest BCUT2D eigenvalue weighted by molar-refractivity contribution is 0.165. The van der Waals surface area contributed by atoms with Crippen LogP contribution < -0.4 is 15.5 Å². The van der Waals surface area contributed by atoms with E-state index >= 15 is 0 Å². The molecular formula is C14H19N5O2. The Morgan fingerprint density at radius 2 is 2.10 bits per heavy atom. The Labute approximate surface area is 124 Å². The number of nitriles is 2. The third-order valence-corrected chi connectivity index (χ3v) is 2.78. The van der Waals surface area contributed by atoms with Gasteiger partial charge in [-0.15, -0.1) is 0 Å². The van der Waals surface area contributed by atoms with Crippen molar-refractivity contribution in [3.05, 3.63) is 29.3 Å². The zero-order chi connectivity index (χ0) is 15.7. The monoisotopic (exact) mass is 289 g/mol. The fourth-order valence-electron chi connectivity index (χ4n) is 1.69. The average Bonchev–Trinajstić information content (AvgIpc) is 2.95. The molecule has 112 valence electrons. The van der Waals surface area contributed by atoms with Crippen LogP contribution in [-0.4, -0.2) is 34.3 Å². The first-order valence-electron chi connectivity index (χ1n) is 6.41. The van der Waals surface area contributed by atoms with Crippen molar-refractivity contribution in [2.75, 3.05) is 39.2 Å². The van der Waals surface area contributed by atoms with Crippen LogP contribution in [0.2, 0.25) is 0 Å². The topological polar surface area (TPSA) is 97.2 Å². The Morgan fingerprint density at radius 3 is 2.67 bits per heavy atom. The summed E-state index contributed by atoms with van der Waals surface area (Å²) in [7, 11) is 5.17. The highest BCUT2D eigenvalue weighted by atomic mass is 16.5. The molecule has 0 amide bonds. The van der Waals surface area contributed by atoms with Crippen LogP contribution in [0.3, 0.4) is 0 Å². The van der Waals surface area contributed by atoms with Crippen molar-refractivity contribution < 1.29 is 9.15 Å². The molecule has 7 heteroatoms. The molecule has 0 radical (unpaired) electrons. The number of furan rings is 1. The van der Waals surface area contributed by atoms with E-state index in [1.807, 2.05) is 36.2 Å². The summed E-state index contributed by atoms with van der Waals surface area (Å²) >= 11 is 0. The Bertz CT molecular complexity index is 549. The summed E-state index contributed by atoms with van der Waals surface area (Å²) < 4.78 is 10.6. The zero-order valence-corrected chi connectivity index (χ0v) is 12.4. The van der Waals surface area contributed by atoms with Gasteiger partial charge in [-0.05, 0) is 6.07 Å². The van der Waals surface area contributed by atoms with Gasteiger partial charge >= 0.3 is 0 Å². The minimum Gasteiger partial charge on any atom is -0.443 e. The number of nitrogens with zero attached hydrogens (tertiary/aromatic N) is 3. The third kappa shape index (κ3) is 4.75. The van der Waals surface area contributed by atoms with Gasteiger partial charge in [0.15, 0.2) is 11.5 Å². The fraction of sp³-hybridized carbons (Fsp3) is 0.429. The molecule has 0 atom stereocenters. The first-order chi connectivity index (χ1) is 10.2. The van der Waals surface area contributed by atoms with Crippen LogP contribution in [0.4, 0.5) is 5.88 Å². The summed E-state index contributed by atoms with van der Waals surface area (Å²) in [5, 5.41) is 23.5. The molecule has 0 fully saturated rings. The molecule has 7 nitrogen and oxygen atoms in total. The molecule has 0 aromatic carbocycles. The first-order valence-corrected chi connectivity index (χ1v) is 6.41. The molecule has 0 aliphatic rings. The number of nitrogens with one attached hydrogen (secondary N) is 2. The van der Waals surface area contributed by atoms with E-state index in [1.165, 1.54) is 0 Å². The van der Waals surface area contributed by atoms with Gasteiger partial charge in [0.25, 0.3) is 0 Å². The number of likely N-dealkylation sites (N-methyl/N-ethyl adjacent to an activating group) is 1. The van der Waals surface area contributed by atoms with Crippen LogP contribution in [0, 0.1) is 22.7 Å². The normalized spacial score (nSPS) is 9.38. The summed E-state index contributed by atoms with van der Waals surface area (Å²) in [6.07, 6.45) is 0. The van der Waals surface area contributed by atoms with Crippen molar-refractivity contribution in [2.24, 2.45) is 0 Å². The van der Waals surface area contributed by atoms with Crippen LogP contribution >= 0.6 is 0 Å². The molecule has 2 N–H and O–H groups in total. The Balaban J connectivity index is 2.53. The van der Waals surface area contributed by atoms with Crippen molar-refractivity contribution in [1.29, 1.82) is 10.5 Å². The van der Waals surface area contributed by atoms with Crippen LogP contribution in [-0.2, 0) is 11.3 Å². The van der Waals surface area contributed by atoms with Gasteiger partial charge in [-0.2, -0.15) is 10.5 Å². The zero-order valence-electron chi connectivity index (χ0n) is 12.4. The van der Waals surface area contributed by atoms with Gasteiger partial charge in [0, 0.05) is 40.4 Å². The van der Waals surface area contributed by atoms with Gasteiger partial charge < -0.3 is 24.7 Å². The molecule has 0 saturated carbocycles. The van der Waals surface area contributed by atoms with E-state index in [1.54, 1.807) is 14.2 Å². The van der Waals surface area contributed by atoms with E-state index in [4.69, 9.17) is 19.7 Å². The van der Waals surface area contributed by atoms with E-state index in [-0.39, 0.29) is 5.57 Å². The van der Waals surface area contributed by atoms with Gasteiger partial charge in [-0.25, -0.2) is 0 Å². The highest BCUT2D eigenvalue weighted by Crippen LogP contribution is 2.17. The second-order valence-corrected chi connectivity index (χ2v) is 4.24. The smallest absolute Gasteiger partial charge is 0.195 e. The van der Waals surface area contributed by atoms with E-state index in [2.05, 4.69) is 10.6 Å². The Morgan fingerprint density at radius 1 is 1.38 bits per heavy atom. The van der Waals surface area contributed by atoms with Crippen LogP contribution in [0.25, 0.3) is 0 Å². The van der Waals surface area contributed by atoms with E-state index in [0.29, 0.717) is 25.5 Å². The molecule has 0 unspecified atom stereocenters. The molecule has 21 heavy (non-hydrogen) atoms. The maximum absolute atomic E-state index is 8.82. The summed E-state index contributed by atoms with van der Waals surface area (Å²) in [5.41, 5.74) is 0.0283. The van der Waals surface area contributed by atoms with E-state index in [0.717, 1.165) is 11.6 Å². The van der Waals surface area contributed by atoms with Crippen molar-refractivity contribution in [2.45, 2.75) is 6.61 Å². The van der Waals surface area contributed by atoms with Crippen molar-refractivity contribution >= 4 is 5.88 Å². The molecule has 1 aromatic heterocycles. The number of ether oxygens (including phenoxy) is 1. The molecular weight excluding hydrogens is 270 g/mol. The summed E-state index contributed by atoms with van der Waals surface area (Å²) in [5.74, 6) is 1.92. The van der Waals surface area contributed by atoms with Gasteiger partial charge in [0.05, 0.1) is 0 Å². The largest absolute Gasteiger partial charge is 0.443 e. The minimum atomic E-state index is 0.0283. The number of allylic oxidation sites excluding steroid dienone is 1. The molecule has 0 spiro atoms. The summed E-state index contributed by atoms with van der Waals surface area (Å²) in [6, 6.07) is 7.42. The quantitative estimate of drug-likeness (QED) is 0.687. The molecule has 0 bridgehead atoms. The van der Waals surface area contributed by atoms with Crippen molar-refractivity contribution in [3.63, 3.8) is 0 Å². The Hall–Kier alpha value is -2.64. The summed E-state index contributed by atoms with van der Waals surface area (Å²) in [4.78, 5) is 1.93. The molecule has 1 aromatic rings. The summed E-state index contributed by atoms with van der Waals surface area (Å²) in [6.45, 7) is 1.64. The molecule has 0 aliphatic heterocycles. The number of hydrogen-bond acceptors (Lipinski definition) is 7. The maximum atomic E-state index is 8.82. The second-order valence-electron chi connectivity index (χ2n) is 4.24. The van der Waals surface area contributed by atoms with Crippen molar-refractivity contribution in [3.8, 4) is 12.1 Å². The average molecular weight is 289 g/mol. The predicted octanol–water partition coefficient (Wildman–Crippen LogP) is 0.930. The standard InChI is InChI=1S/C14H19N5O2/c1-17-14(11(8-15)9-16)18-6-7-19(2)13-5-4-12(21-13)10-20-3/h4-5,17-18H,6-7,10H2,1-3H3. The third-order valence-electron chi connectivity index (χ3n) is 2.78. The number of hydrogen-bond donors (Lipinski definition) is 2. The molecule has 0 aliphatic carbocycles. The number of rotatable bonds is 8. The lowest BCUT2D eigenvalue weighted by Gasteiger charge is -2.17. The fourth-order valence-corrected chi connectivity index (χ4v) is 1.69. The molecule has 1 heterocycles. The van der Waals surface area contributed by atoms with Crippen molar-refractivity contribution in [1.82, 2.24) is 10.6 Å². The van der Waals surface area contributed by atoms with E-state index < -0.39 is 0 Å². The minimum absolute atomic E-state index is 0.0283. The van der Waals surface area contributed by atoms with Gasteiger partial charge in [-0.3, -0.25) is 0 Å². The number of methoxy groups -OCH3 is 1. The highest BCUT2D eigenvalue weighted by Gasteiger charge is 2.08. The maximum Gasteiger partial charge on any atom is 0.195 e. The van der Waals surface area contributed by atoms with Crippen LogP contribution in [0.1, 0.15) is 5.76 Å². The van der Waals surface area contributed by atoms with E-state index in [9.17, 15) is 0 Å². The molecule has 0 saturated heterocycles. The Kier molecular flexibility index (Phi) is 6.66. The lowest BCUT2D eigenvalue weighted by atomic mass is 10.3. The van der Waals surface area contributed by atoms with Gasteiger partial charge in [-0.1, -0.05) is 0 Å². The first kappa shape index (κ1) is 16.4. The SMILES string of the molecule is CNC(NCCN(C)c1ccc(COC)o1)=C(C#N)C#N. The van der Waals surface area contributed by atoms with Crippen LogP contribution in [0.5, 0.6) is 0 Å². The van der Waals surface area contributed by atoms with Gasteiger partial charge in [0.1, 0.15) is 30.3 Å². The predicted molar refractivity (Wildman–Crippen MR) is 78.0 cm³/mol. The van der Waals surface area contributed by atoms with Gasteiger partial charge in [0.2, 0.25) is 0 Å². The number of anilines is 1. The highest BCUT2D eigenvalue weighted by molar-refractivity contribution is 5.39.